The van der Waals surface area contributed by atoms with E-state index in [0.29, 0.717) is 34.7 Å². The van der Waals surface area contributed by atoms with Crippen LogP contribution < -0.4 is 21.3 Å². The first-order valence-corrected chi connectivity index (χ1v) is 10.3. The van der Waals surface area contributed by atoms with E-state index in [9.17, 15) is 14.4 Å². The van der Waals surface area contributed by atoms with Gasteiger partial charge in [-0.3, -0.25) is 18.7 Å². The van der Waals surface area contributed by atoms with Crippen LogP contribution in [0.25, 0.3) is 10.2 Å². The molecule has 30 heavy (non-hydrogen) atoms. The molecule has 2 aromatic heterocycles. The lowest BCUT2D eigenvalue weighted by Crippen LogP contribution is -2.40. The standard InChI is InChI=1S/C21H23N3O5S/c1-21(2)9-15-14(11-29-21)17-18(30-15)19(26)23(3)20(27)24(17)10-16(25)22-12-5-7-13(28-4)8-6-12/h5-8H,9-11H2,1-4H3,(H,22,25). The minimum Gasteiger partial charge on any atom is -0.497 e. The molecule has 0 unspecified atom stereocenters. The van der Waals surface area contributed by atoms with Crippen molar-refractivity contribution in [3.63, 3.8) is 0 Å². The van der Waals surface area contributed by atoms with Crippen LogP contribution in [0.5, 0.6) is 5.75 Å². The lowest BCUT2D eigenvalue weighted by Gasteiger charge is -2.30. The Hall–Kier alpha value is -2.91. The average Bonchev–Trinajstić information content (AvgIpc) is 3.07. The van der Waals surface area contributed by atoms with Crippen molar-refractivity contribution in [1.82, 2.24) is 9.13 Å². The van der Waals surface area contributed by atoms with Gasteiger partial charge in [-0.1, -0.05) is 0 Å². The average molecular weight is 429 g/mol. The number of hydrogen-bond donors (Lipinski definition) is 1. The number of carbonyl (C=O) groups is 1. The predicted octanol–water partition coefficient (Wildman–Crippen LogP) is 2.26. The number of aromatic nitrogens is 2. The molecule has 1 aliphatic rings. The predicted molar refractivity (Wildman–Crippen MR) is 116 cm³/mol. The highest BCUT2D eigenvalue weighted by atomic mass is 32.1. The number of amides is 1. The first-order chi connectivity index (χ1) is 14.2. The summed E-state index contributed by atoms with van der Waals surface area (Å²) in [5.41, 5.74) is 0.703. The topological polar surface area (TPSA) is 91.6 Å². The minimum absolute atomic E-state index is 0.206. The molecule has 3 heterocycles. The van der Waals surface area contributed by atoms with Gasteiger partial charge < -0.3 is 14.8 Å². The fourth-order valence-electron chi connectivity index (χ4n) is 3.61. The second kappa shape index (κ2) is 7.41. The lowest BCUT2D eigenvalue weighted by molar-refractivity contribution is -0.116. The van der Waals surface area contributed by atoms with Gasteiger partial charge in [0.1, 0.15) is 17.0 Å². The van der Waals surface area contributed by atoms with Crippen LogP contribution in [0.2, 0.25) is 0 Å². The van der Waals surface area contributed by atoms with Crippen LogP contribution in [-0.4, -0.2) is 27.8 Å². The summed E-state index contributed by atoms with van der Waals surface area (Å²) in [5, 5.41) is 2.78. The maximum absolute atomic E-state index is 12.9. The molecule has 0 aliphatic carbocycles. The van der Waals surface area contributed by atoms with Gasteiger partial charge in [-0.2, -0.15) is 0 Å². The van der Waals surface area contributed by atoms with E-state index < -0.39 is 5.69 Å². The minimum atomic E-state index is -0.525. The van der Waals surface area contributed by atoms with E-state index in [-0.39, 0.29) is 23.6 Å². The molecule has 0 fully saturated rings. The Balaban J connectivity index is 1.74. The number of rotatable bonds is 4. The van der Waals surface area contributed by atoms with Crippen molar-refractivity contribution in [2.45, 2.75) is 39.0 Å². The Bertz CT molecular complexity index is 1250. The summed E-state index contributed by atoms with van der Waals surface area (Å²) in [6, 6.07) is 6.91. The van der Waals surface area contributed by atoms with Gasteiger partial charge in [0, 0.05) is 29.6 Å². The summed E-state index contributed by atoms with van der Waals surface area (Å²) >= 11 is 1.38. The maximum atomic E-state index is 12.9. The number of anilines is 1. The van der Waals surface area contributed by atoms with Crippen LogP contribution >= 0.6 is 11.3 Å². The highest BCUT2D eigenvalue weighted by Crippen LogP contribution is 2.37. The highest BCUT2D eigenvalue weighted by molar-refractivity contribution is 7.19. The zero-order valence-corrected chi connectivity index (χ0v) is 18.1. The molecule has 0 saturated heterocycles. The van der Waals surface area contributed by atoms with Gasteiger partial charge in [-0.25, -0.2) is 4.79 Å². The summed E-state index contributed by atoms with van der Waals surface area (Å²) < 4.78 is 13.9. The smallest absolute Gasteiger partial charge is 0.331 e. The van der Waals surface area contributed by atoms with E-state index in [1.54, 1.807) is 31.4 Å². The lowest BCUT2D eigenvalue weighted by atomic mass is 9.98. The monoisotopic (exact) mass is 429 g/mol. The molecule has 8 nitrogen and oxygen atoms in total. The summed E-state index contributed by atoms with van der Waals surface area (Å²) in [6.07, 6.45) is 0.650. The number of carbonyl (C=O) groups excluding carboxylic acids is 1. The third-order valence-corrected chi connectivity index (χ3v) is 6.43. The fourth-order valence-corrected chi connectivity index (χ4v) is 5.11. The Morgan fingerprint density at radius 1 is 1.27 bits per heavy atom. The molecule has 0 radical (unpaired) electrons. The number of thiophene rings is 1. The number of hydrogen-bond acceptors (Lipinski definition) is 6. The molecule has 0 saturated carbocycles. The van der Waals surface area contributed by atoms with Gasteiger partial charge in [0.25, 0.3) is 5.56 Å². The van der Waals surface area contributed by atoms with Crippen LogP contribution in [0.3, 0.4) is 0 Å². The molecule has 1 aromatic carbocycles. The second-order valence-corrected chi connectivity index (χ2v) is 9.02. The number of nitrogens with one attached hydrogen (secondary N) is 1. The van der Waals surface area contributed by atoms with Crippen molar-refractivity contribution in [2.75, 3.05) is 12.4 Å². The summed E-state index contributed by atoms with van der Waals surface area (Å²) in [5.74, 6) is 0.316. The molecule has 1 aliphatic heterocycles. The van der Waals surface area contributed by atoms with Crippen LogP contribution in [0, 0.1) is 0 Å². The molecule has 158 valence electrons. The Morgan fingerprint density at radius 2 is 1.97 bits per heavy atom. The maximum Gasteiger partial charge on any atom is 0.331 e. The first-order valence-electron chi connectivity index (χ1n) is 9.52. The fraction of sp³-hybridized carbons (Fsp3) is 0.381. The molecular formula is C21H23N3O5S. The number of ether oxygens (including phenoxy) is 2. The summed E-state index contributed by atoms with van der Waals surface area (Å²) in [7, 11) is 3.00. The Labute approximate surface area is 176 Å². The Morgan fingerprint density at radius 3 is 2.63 bits per heavy atom. The van der Waals surface area contributed by atoms with Crippen LogP contribution in [0.15, 0.2) is 33.9 Å². The zero-order chi connectivity index (χ0) is 21.6. The van der Waals surface area contributed by atoms with Crippen molar-refractivity contribution in [3.8, 4) is 5.75 Å². The molecular weight excluding hydrogens is 406 g/mol. The molecule has 0 spiro atoms. The van der Waals surface area contributed by atoms with Crippen molar-refractivity contribution in [1.29, 1.82) is 0 Å². The van der Waals surface area contributed by atoms with Gasteiger partial charge in [-0.15, -0.1) is 11.3 Å². The van der Waals surface area contributed by atoms with E-state index in [1.165, 1.54) is 23.0 Å². The van der Waals surface area contributed by atoms with Crippen molar-refractivity contribution in [3.05, 3.63) is 55.5 Å². The SMILES string of the molecule is COc1ccc(NC(=O)Cn2c(=O)n(C)c(=O)c3sc4c(c32)COC(C)(C)C4)cc1. The van der Waals surface area contributed by atoms with E-state index >= 15 is 0 Å². The van der Waals surface area contributed by atoms with Gasteiger partial charge in [0.2, 0.25) is 5.91 Å². The first kappa shape index (κ1) is 20.4. The van der Waals surface area contributed by atoms with Crippen LogP contribution in [0.1, 0.15) is 24.3 Å². The number of nitrogens with zero attached hydrogens (tertiary/aromatic N) is 2. The van der Waals surface area contributed by atoms with Gasteiger partial charge >= 0.3 is 5.69 Å². The van der Waals surface area contributed by atoms with Gasteiger partial charge in [0.15, 0.2) is 0 Å². The van der Waals surface area contributed by atoms with Crippen LogP contribution in [0.4, 0.5) is 5.69 Å². The van der Waals surface area contributed by atoms with Gasteiger partial charge in [0.05, 0.1) is 24.8 Å². The summed E-state index contributed by atoms with van der Waals surface area (Å²) in [6.45, 7) is 4.08. The Kier molecular flexibility index (Phi) is 5.03. The second-order valence-electron chi connectivity index (χ2n) is 7.92. The van der Waals surface area contributed by atoms with Gasteiger partial charge in [-0.05, 0) is 38.1 Å². The quantitative estimate of drug-likeness (QED) is 0.687. The van der Waals surface area contributed by atoms with Crippen molar-refractivity contribution < 1.29 is 14.3 Å². The largest absolute Gasteiger partial charge is 0.497 e. The third kappa shape index (κ3) is 3.54. The number of fused-ring (bicyclic) bond motifs is 3. The third-order valence-electron chi connectivity index (χ3n) is 5.22. The molecule has 4 rings (SSSR count). The summed E-state index contributed by atoms with van der Waals surface area (Å²) in [4.78, 5) is 39.3. The van der Waals surface area contributed by atoms with E-state index in [4.69, 9.17) is 9.47 Å². The van der Waals surface area contributed by atoms with E-state index in [0.717, 1.165) is 15.0 Å². The van der Waals surface area contributed by atoms with E-state index in [2.05, 4.69) is 5.32 Å². The number of benzene rings is 1. The number of methoxy groups -OCH3 is 1. The molecule has 1 N–H and O–H groups in total. The van der Waals surface area contributed by atoms with Crippen LogP contribution in [-0.2, 0) is 36.2 Å². The molecule has 3 aromatic rings. The molecule has 0 atom stereocenters. The zero-order valence-electron chi connectivity index (χ0n) is 17.3. The molecule has 0 bridgehead atoms. The molecule has 9 heteroatoms. The van der Waals surface area contributed by atoms with Crippen molar-refractivity contribution >= 4 is 33.1 Å². The highest BCUT2D eigenvalue weighted by Gasteiger charge is 2.31. The molecule has 1 amide bonds. The van der Waals surface area contributed by atoms with Crippen molar-refractivity contribution in [2.24, 2.45) is 7.05 Å². The van der Waals surface area contributed by atoms with E-state index in [1.807, 2.05) is 13.8 Å². The normalized spacial score (nSPS) is 15.1.